The van der Waals surface area contributed by atoms with E-state index in [1.165, 1.54) is 12.0 Å². The highest BCUT2D eigenvalue weighted by Crippen LogP contribution is 2.28. The molecule has 0 aromatic carbocycles. The third kappa shape index (κ3) is 4.49. The molecule has 1 aromatic rings. The van der Waals surface area contributed by atoms with Gasteiger partial charge in [-0.25, -0.2) is 0 Å². The Morgan fingerprint density at radius 1 is 1.38 bits per heavy atom. The molecule has 0 bridgehead atoms. The number of amides is 1. The van der Waals surface area contributed by atoms with Crippen LogP contribution in [-0.2, 0) is 4.79 Å². The summed E-state index contributed by atoms with van der Waals surface area (Å²) in [5.74, 6) is 0.534. The Bertz CT molecular complexity index is 554. The van der Waals surface area contributed by atoms with Crippen molar-refractivity contribution < 1.29 is 4.79 Å². The van der Waals surface area contributed by atoms with Crippen LogP contribution in [0.15, 0.2) is 12.4 Å². The molecule has 24 heavy (non-hydrogen) atoms. The zero-order valence-electron chi connectivity index (χ0n) is 14.0. The molecule has 2 aliphatic rings. The number of nitriles is 1. The van der Waals surface area contributed by atoms with Crippen LogP contribution in [0.1, 0.15) is 56.4 Å². The summed E-state index contributed by atoms with van der Waals surface area (Å²) in [4.78, 5) is 14.5. The molecular weight excluding hydrogens is 326 g/mol. The second-order valence-electron chi connectivity index (χ2n) is 6.88. The lowest BCUT2D eigenvalue weighted by atomic mass is 9.83. The van der Waals surface area contributed by atoms with Gasteiger partial charge in [0.15, 0.2) is 0 Å². The summed E-state index contributed by atoms with van der Waals surface area (Å²) in [6.45, 7) is 2.24. The van der Waals surface area contributed by atoms with Gasteiger partial charge in [0, 0.05) is 6.20 Å². The molecule has 0 atom stereocenters. The topological polar surface area (TPSA) is 84.8 Å². The van der Waals surface area contributed by atoms with E-state index in [9.17, 15) is 10.1 Å². The highest BCUT2D eigenvalue weighted by atomic mass is 35.5. The summed E-state index contributed by atoms with van der Waals surface area (Å²) >= 11 is 0. The Balaban J connectivity index is 0.00000208. The van der Waals surface area contributed by atoms with Crippen molar-refractivity contribution in [1.82, 2.24) is 20.4 Å². The van der Waals surface area contributed by atoms with Crippen molar-refractivity contribution in [3.63, 3.8) is 0 Å². The number of aromatic amines is 1. The van der Waals surface area contributed by atoms with E-state index < -0.39 is 5.54 Å². The van der Waals surface area contributed by atoms with Crippen molar-refractivity contribution in [3.05, 3.63) is 18.0 Å². The molecular formula is C17H26ClN5O. The Labute approximate surface area is 149 Å². The van der Waals surface area contributed by atoms with Gasteiger partial charge in [0.05, 0.1) is 18.8 Å². The van der Waals surface area contributed by atoms with Crippen LogP contribution in [0.25, 0.3) is 0 Å². The van der Waals surface area contributed by atoms with Crippen molar-refractivity contribution in [3.8, 4) is 6.07 Å². The van der Waals surface area contributed by atoms with Gasteiger partial charge in [0.2, 0.25) is 5.91 Å². The van der Waals surface area contributed by atoms with E-state index in [-0.39, 0.29) is 18.3 Å². The second-order valence-corrected chi connectivity index (χ2v) is 6.88. The third-order valence-corrected chi connectivity index (χ3v) is 5.25. The molecule has 1 aliphatic heterocycles. The molecule has 0 unspecified atom stereocenters. The van der Waals surface area contributed by atoms with Crippen LogP contribution < -0.4 is 5.32 Å². The number of hydrogen-bond acceptors (Lipinski definition) is 4. The van der Waals surface area contributed by atoms with Crippen molar-refractivity contribution >= 4 is 18.3 Å². The van der Waals surface area contributed by atoms with Gasteiger partial charge in [-0.3, -0.25) is 14.8 Å². The quantitative estimate of drug-likeness (QED) is 0.872. The molecule has 2 N–H and O–H groups in total. The van der Waals surface area contributed by atoms with E-state index in [1.807, 2.05) is 12.4 Å². The molecule has 1 aliphatic carbocycles. The van der Waals surface area contributed by atoms with E-state index in [4.69, 9.17) is 0 Å². The van der Waals surface area contributed by atoms with Crippen LogP contribution in [0, 0.1) is 11.3 Å². The predicted octanol–water partition coefficient (Wildman–Crippen LogP) is 2.35. The van der Waals surface area contributed by atoms with Crippen molar-refractivity contribution in [2.24, 2.45) is 0 Å². The fourth-order valence-corrected chi connectivity index (χ4v) is 3.84. The second kappa shape index (κ2) is 8.50. The van der Waals surface area contributed by atoms with E-state index in [0.717, 1.165) is 51.6 Å². The first-order valence-electron chi connectivity index (χ1n) is 8.64. The Kier molecular flexibility index (Phi) is 6.64. The first-order chi connectivity index (χ1) is 11.2. The zero-order valence-corrected chi connectivity index (χ0v) is 14.8. The number of hydrogen-bond donors (Lipinski definition) is 2. The maximum absolute atomic E-state index is 12.3. The lowest BCUT2D eigenvalue weighted by Crippen LogP contribution is -2.52. The van der Waals surface area contributed by atoms with E-state index in [1.54, 1.807) is 0 Å². The van der Waals surface area contributed by atoms with Crippen molar-refractivity contribution in [2.75, 3.05) is 19.6 Å². The number of piperidine rings is 1. The first kappa shape index (κ1) is 18.8. The molecule has 2 fully saturated rings. The van der Waals surface area contributed by atoms with E-state index in [0.29, 0.717) is 12.5 Å². The summed E-state index contributed by atoms with van der Waals surface area (Å²) in [7, 11) is 0. The Hall–Kier alpha value is -1.58. The van der Waals surface area contributed by atoms with E-state index in [2.05, 4.69) is 26.5 Å². The van der Waals surface area contributed by atoms with Gasteiger partial charge in [-0.05, 0) is 50.3 Å². The van der Waals surface area contributed by atoms with Gasteiger partial charge < -0.3 is 5.32 Å². The number of nitrogens with one attached hydrogen (secondary N) is 2. The standard InChI is InChI=1S/C17H25N5O.ClH/c18-13-17(6-2-1-3-7-17)21-16(23)12-22-8-4-14(5-9-22)15-10-19-20-11-15;/h10-11,14H,1-9,12H2,(H,19,20)(H,21,23);1H. The number of rotatable bonds is 4. The number of nitrogens with zero attached hydrogens (tertiary/aromatic N) is 3. The molecule has 1 aromatic heterocycles. The Morgan fingerprint density at radius 3 is 2.67 bits per heavy atom. The number of likely N-dealkylation sites (tertiary alicyclic amines) is 1. The fraction of sp³-hybridized carbons (Fsp3) is 0.706. The molecule has 0 spiro atoms. The predicted molar refractivity (Wildman–Crippen MR) is 93.8 cm³/mol. The lowest BCUT2D eigenvalue weighted by molar-refractivity contribution is -0.124. The van der Waals surface area contributed by atoms with Gasteiger partial charge in [-0.15, -0.1) is 12.4 Å². The van der Waals surface area contributed by atoms with Gasteiger partial charge >= 0.3 is 0 Å². The molecule has 7 heteroatoms. The van der Waals surface area contributed by atoms with Gasteiger partial charge in [0.1, 0.15) is 5.54 Å². The fourth-order valence-electron chi connectivity index (χ4n) is 3.84. The van der Waals surface area contributed by atoms with E-state index >= 15 is 0 Å². The SMILES string of the molecule is Cl.N#CC1(NC(=O)CN2CCC(c3cn[nH]c3)CC2)CCCCC1. The van der Waals surface area contributed by atoms with Crippen LogP contribution in [0.4, 0.5) is 0 Å². The largest absolute Gasteiger partial charge is 0.337 e. The minimum absolute atomic E-state index is 0. The molecule has 1 saturated heterocycles. The minimum atomic E-state index is -0.621. The summed E-state index contributed by atoms with van der Waals surface area (Å²) < 4.78 is 0. The van der Waals surface area contributed by atoms with Gasteiger partial charge in [-0.1, -0.05) is 19.3 Å². The molecule has 132 valence electrons. The number of H-pyrrole nitrogens is 1. The van der Waals surface area contributed by atoms with Crippen molar-refractivity contribution in [2.45, 2.75) is 56.4 Å². The zero-order chi connectivity index (χ0) is 16.1. The van der Waals surface area contributed by atoms with Crippen LogP contribution in [0.3, 0.4) is 0 Å². The Morgan fingerprint density at radius 2 is 2.08 bits per heavy atom. The van der Waals surface area contributed by atoms with Gasteiger partial charge in [-0.2, -0.15) is 10.4 Å². The normalized spacial score (nSPS) is 21.5. The number of carbonyl (C=O) groups excluding carboxylic acids is 1. The molecule has 6 nitrogen and oxygen atoms in total. The van der Waals surface area contributed by atoms with Crippen LogP contribution >= 0.6 is 12.4 Å². The molecule has 3 rings (SSSR count). The maximum atomic E-state index is 12.3. The summed E-state index contributed by atoms with van der Waals surface area (Å²) in [6.07, 6.45) is 10.8. The van der Waals surface area contributed by atoms with Crippen LogP contribution in [0.5, 0.6) is 0 Å². The number of aromatic nitrogens is 2. The average Bonchev–Trinajstić information content (AvgIpc) is 3.11. The summed E-state index contributed by atoms with van der Waals surface area (Å²) in [5.41, 5.74) is 0.643. The van der Waals surface area contributed by atoms with Crippen LogP contribution in [0.2, 0.25) is 0 Å². The monoisotopic (exact) mass is 351 g/mol. The third-order valence-electron chi connectivity index (χ3n) is 5.25. The number of halogens is 1. The summed E-state index contributed by atoms with van der Waals surface area (Å²) in [5, 5.41) is 19.3. The number of carbonyl (C=O) groups is 1. The first-order valence-corrected chi connectivity index (χ1v) is 8.64. The summed E-state index contributed by atoms with van der Waals surface area (Å²) in [6, 6.07) is 2.35. The average molecular weight is 352 g/mol. The molecule has 0 radical (unpaired) electrons. The minimum Gasteiger partial charge on any atom is -0.337 e. The smallest absolute Gasteiger partial charge is 0.235 e. The van der Waals surface area contributed by atoms with Crippen molar-refractivity contribution in [1.29, 1.82) is 5.26 Å². The van der Waals surface area contributed by atoms with Crippen LogP contribution in [-0.4, -0.2) is 46.2 Å². The molecule has 1 amide bonds. The van der Waals surface area contributed by atoms with Gasteiger partial charge in [0.25, 0.3) is 0 Å². The maximum Gasteiger partial charge on any atom is 0.235 e. The lowest BCUT2D eigenvalue weighted by Gasteiger charge is -2.34. The molecule has 1 saturated carbocycles. The molecule has 2 heterocycles. The highest BCUT2D eigenvalue weighted by molar-refractivity contribution is 5.85. The highest BCUT2D eigenvalue weighted by Gasteiger charge is 2.34.